The molecular weight excluding hydrogens is 218 g/mol. The maximum Gasteiger partial charge on any atom is 0.241 e. The van der Waals surface area contributed by atoms with E-state index in [2.05, 4.69) is 10.5 Å². The second-order valence-corrected chi connectivity index (χ2v) is 4.83. The molecular formula is C12H15N3O2. The van der Waals surface area contributed by atoms with Gasteiger partial charge in [0, 0.05) is 23.1 Å². The molecule has 1 heterocycles. The third kappa shape index (κ3) is 2.08. The van der Waals surface area contributed by atoms with Crippen molar-refractivity contribution in [2.24, 2.45) is 10.5 Å². The van der Waals surface area contributed by atoms with Crippen molar-refractivity contribution in [3.8, 4) is 5.75 Å². The van der Waals surface area contributed by atoms with Crippen LogP contribution in [-0.4, -0.2) is 16.7 Å². The van der Waals surface area contributed by atoms with Crippen molar-refractivity contribution in [2.45, 2.75) is 20.3 Å². The Hall–Kier alpha value is -2.04. The first kappa shape index (κ1) is 11.4. The fourth-order valence-electron chi connectivity index (χ4n) is 1.96. The maximum atomic E-state index is 11.3. The Labute approximate surface area is 99.3 Å². The van der Waals surface area contributed by atoms with Crippen LogP contribution in [0.5, 0.6) is 5.75 Å². The first-order valence-corrected chi connectivity index (χ1v) is 5.36. The number of nitrogens with zero attached hydrogens (tertiary/aromatic N) is 1. The highest BCUT2D eigenvalue weighted by Crippen LogP contribution is 2.33. The molecule has 1 aliphatic heterocycles. The summed E-state index contributed by atoms with van der Waals surface area (Å²) in [5, 5.41) is 13.9. The summed E-state index contributed by atoms with van der Waals surface area (Å²) in [5.74, 6) is -0.00989. The predicted octanol–water partition coefficient (Wildman–Crippen LogP) is 1.22. The Kier molecular flexibility index (Phi) is 2.53. The molecule has 0 fully saturated rings. The maximum absolute atomic E-state index is 11.3. The molecule has 0 unspecified atom stereocenters. The van der Waals surface area contributed by atoms with Gasteiger partial charge >= 0.3 is 0 Å². The van der Waals surface area contributed by atoms with Crippen LogP contribution in [0.1, 0.15) is 25.8 Å². The van der Waals surface area contributed by atoms with Crippen LogP contribution >= 0.6 is 0 Å². The lowest BCUT2D eigenvalue weighted by Crippen LogP contribution is -2.39. The van der Waals surface area contributed by atoms with Gasteiger partial charge in [-0.1, -0.05) is 13.8 Å². The first-order valence-electron chi connectivity index (χ1n) is 5.36. The second-order valence-electron chi connectivity index (χ2n) is 4.83. The van der Waals surface area contributed by atoms with Crippen molar-refractivity contribution < 1.29 is 9.90 Å². The molecule has 0 spiro atoms. The number of hydrogen-bond donors (Lipinski definition) is 3. The quantitative estimate of drug-likeness (QED) is 0.503. The zero-order chi connectivity index (χ0) is 12.6. The monoisotopic (exact) mass is 233 g/mol. The third-order valence-corrected chi connectivity index (χ3v) is 2.81. The zero-order valence-electron chi connectivity index (χ0n) is 9.82. The van der Waals surface area contributed by atoms with Gasteiger partial charge in [0.15, 0.2) is 0 Å². The van der Waals surface area contributed by atoms with Crippen LogP contribution < -0.4 is 11.2 Å². The summed E-state index contributed by atoms with van der Waals surface area (Å²) in [4.78, 5) is 11.3. The molecule has 0 aliphatic carbocycles. The van der Waals surface area contributed by atoms with E-state index in [0.29, 0.717) is 23.4 Å². The summed E-state index contributed by atoms with van der Waals surface area (Å²) in [6.07, 6.45) is 0.333. The highest BCUT2D eigenvalue weighted by atomic mass is 16.3. The van der Waals surface area contributed by atoms with Crippen LogP contribution in [0.25, 0.3) is 0 Å². The van der Waals surface area contributed by atoms with Gasteiger partial charge in [-0.3, -0.25) is 4.79 Å². The molecule has 1 aromatic carbocycles. The lowest BCUT2D eigenvalue weighted by molar-refractivity contribution is -0.122. The Morgan fingerprint density at radius 1 is 1.47 bits per heavy atom. The lowest BCUT2D eigenvalue weighted by Gasteiger charge is -2.29. The minimum absolute atomic E-state index is 0.113. The highest BCUT2D eigenvalue weighted by Gasteiger charge is 2.34. The van der Waals surface area contributed by atoms with E-state index in [0.717, 1.165) is 0 Å². The van der Waals surface area contributed by atoms with E-state index in [1.54, 1.807) is 12.1 Å². The van der Waals surface area contributed by atoms with Gasteiger partial charge in [0.25, 0.3) is 0 Å². The molecule has 1 amide bonds. The van der Waals surface area contributed by atoms with E-state index in [4.69, 9.17) is 5.73 Å². The van der Waals surface area contributed by atoms with Crippen molar-refractivity contribution in [3.63, 3.8) is 0 Å². The average Bonchev–Trinajstić information content (AvgIpc) is 2.21. The molecule has 17 heavy (non-hydrogen) atoms. The number of nitrogens with one attached hydrogen (secondary N) is 1. The summed E-state index contributed by atoms with van der Waals surface area (Å²) in [6, 6.07) is 4.81. The number of carbonyl (C=O) groups excluding carboxylic acids is 1. The van der Waals surface area contributed by atoms with E-state index < -0.39 is 5.41 Å². The molecule has 0 saturated heterocycles. The molecule has 2 rings (SSSR count). The van der Waals surface area contributed by atoms with Crippen molar-refractivity contribution in [1.29, 1.82) is 0 Å². The molecule has 0 aromatic heterocycles. The van der Waals surface area contributed by atoms with Gasteiger partial charge in [-0.15, -0.1) is 0 Å². The fraction of sp³-hybridized carbons (Fsp3) is 0.333. The van der Waals surface area contributed by atoms with E-state index in [1.165, 1.54) is 6.07 Å². The molecule has 0 bridgehead atoms. The van der Waals surface area contributed by atoms with Gasteiger partial charge in [-0.25, -0.2) is 5.43 Å². The first-order chi connectivity index (χ1) is 7.90. The number of nitrogen functional groups attached to an aromatic ring is 1. The van der Waals surface area contributed by atoms with Gasteiger partial charge in [-0.2, -0.15) is 5.10 Å². The molecule has 0 radical (unpaired) electrons. The largest absolute Gasteiger partial charge is 0.507 e. The fourth-order valence-corrected chi connectivity index (χ4v) is 1.96. The molecule has 1 aliphatic rings. The predicted molar refractivity (Wildman–Crippen MR) is 65.6 cm³/mol. The van der Waals surface area contributed by atoms with Crippen LogP contribution in [0.4, 0.5) is 5.69 Å². The van der Waals surface area contributed by atoms with E-state index >= 15 is 0 Å². The molecule has 0 atom stereocenters. The Morgan fingerprint density at radius 3 is 2.82 bits per heavy atom. The van der Waals surface area contributed by atoms with Crippen molar-refractivity contribution in [3.05, 3.63) is 23.8 Å². The SMILES string of the molecule is CC1(C)CC(=O)NN=C1c1cc(N)ccc1O. The number of carbonyl (C=O) groups is 1. The average molecular weight is 233 g/mol. The summed E-state index contributed by atoms with van der Waals surface area (Å²) in [7, 11) is 0. The van der Waals surface area contributed by atoms with Crippen LogP contribution in [0.2, 0.25) is 0 Å². The minimum atomic E-state index is -0.423. The molecule has 4 N–H and O–H groups in total. The molecule has 0 saturated carbocycles. The number of anilines is 1. The number of rotatable bonds is 1. The third-order valence-electron chi connectivity index (χ3n) is 2.81. The number of benzene rings is 1. The van der Waals surface area contributed by atoms with Gasteiger partial charge in [0.2, 0.25) is 5.91 Å². The highest BCUT2D eigenvalue weighted by molar-refractivity contribution is 6.10. The Balaban J connectivity index is 2.52. The topological polar surface area (TPSA) is 87.7 Å². The summed E-state index contributed by atoms with van der Waals surface area (Å²) in [6.45, 7) is 3.82. The molecule has 5 heteroatoms. The minimum Gasteiger partial charge on any atom is -0.507 e. The van der Waals surface area contributed by atoms with Crippen LogP contribution in [-0.2, 0) is 4.79 Å². The number of aromatic hydroxyl groups is 1. The Bertz CT molecular complexity index is 506. The van der Waals surface area contributed by atoms with Crippen molar-refractivity contribution in [2.75, 3.05) is 5.73 Å². The summed E-state index contributed by atoms with van der Waals surface area (Å²) >= 11 is 0. The van der Waals surface area contributed by atoms with Crippen molar-refractivity contribution in [1.82, 2.24) is 5.43 Å². The number of phenols is 1. The van der Waals surface area contributed by atoms with Gasteiger partial charge in [-0.05, 0) is 18.2 Å². The number of hydrogen-bond acceptors (Lipinski definition) is 4. The van der Waals surface area contributed by atoms with Gasteiger partial charge in [0.1, 0.15) is 5.75 Å². The number of amides is 1. The van der Waals surface area contributed by atoms with Crippen LogP contribution in [0.3, 0.4) is 0 Å². The Morgan fingerprint density at radius 2 is 2.18 bits per heavy atom. The van der Waals surface area contributed by atoms with E-state index in [-0.39, 0.29) is 11.7 Å². The van der Waals surface area contributed by atoms with E-state index in [9.17, 15) is 9.90 Å². The normalized spacial score (nSPS) is 18.5. The summed E-state index contributed by atoms with van der Waals surface area (Å²) < 4.78 is 0. The number of nitrogens with two attached hydrogens (primary N) is 1. The van der Waals surface area contributed by atoms with Crippen LogP contribution in [0.15, 0.2) is 23.3 Å². The zero-order valence-corrected chi connectivity index (χ0v) is 9.82. The molecule has 1 aromatic rings. The lowest BCUT2D eigenvalue weighted by atomic mass is 9.79. The van der Waals surface area contributed by atoms with E-state index in [1.807, 2.05) is 13.8 Å². The van der Waals surface area contributed by atoms with Crippen molar-refractivity contribution >= 4 is 17.3 Å². The smallest absolute Gasteiger partial charge is 0.241 e. The second kappa shape index (κ2) is 3.76. The number of phenolic OH excluding ortho intramolecular Hbond substituents is 1. The van der Waals surface area contributed by atoms with Crippen LogP contribution in [0, 0.1) is 5.41 Å². The molecule has 5 nitrogen and oxygen atoms in total. The summed E-state index contributed by atoms with van der Waals surface area (Å²) in [5.41, 5.74) is 9.46. The number of hydrazone groups is 1. The molecule has 90 valence electrons. The van der Waals surface area contributed by atoms with Gasteiger partial charge < -0.3 is 10.8 Å². The standard InChI is InChI=1S/C12H15N3O2/c1-12(2)6-10(17)14-15-11(12)8-5-7(13)3-4-9(8)16/h3-5,16H,6,13H2,1-2H3,(H,14,17). The van der Waals surface area contributed by atoms with Gasteiger partial charge in [0.05, 0.1) is 5.71 Å².